The summed E-state index contributed by atoms with van der Waals surface area (Å²) in [7, 11) is 0. The van der Waals surface area contributed by atoms with Crippen LogP contribution in [0.1, 0.15) is 29.9 Å². The van der Waals surface area contributed by atoms with Gasteiger partial charge in [-0.15, -0.1) is 11.8 Å². The highest BCUT2D eigenvalue weighted by Gasteiger charge is 2.30. The Labute approximate surface area is 221 Å². The zero-order chi connectivity index (χ0) is 25.2. The molecule has 1 fully saturated rings. The van der Waals surface area contributed by atoms with Crippen molar-refractivity contribution < 1.29 is 4.79 Å². The largest absolute Gasteiger partial charge is 0.346 e. The van der Waals surface area contributed by atoms with Crippen molar-refractivity contribution in [2.45, 2.75) is 36.1 Å². The second-order valence-corrected chi connectivity index (χ2v) is 10.4. The van der Waals surface area contributed by atoms with Crippen LogP contribution in [0.2, 0.25) is 0 Å². The van der Waals surface area contributed by atoms with Gasteiger partial charge in [-0.25, -0.2) is 9.79 Å². The van der Waals surface area contributed by atoms with Crippen LogP contribution >= 0.6 is 11.8 Å². The summed E-state index contributed by atoms with van der Waals surface area (Å²) in [5.74, 6) is 0.361. The molecule has 0 spiro atoms. The van der Waals surface area contributed by atoms with E-state index in [0.29, 0.717) is 18.6 Å². The fraction of sp³-hybridized carbons (Fsp3) is 0.276. The minimum absolute atomic E-state index is 0.269. The number of carbonyl (C=O) groups is 1. The molecule has 3 aliphatic rings. The van der Waals surface area contributed by atoms with E-state index < -0.39 is 0 Å². The maximum atomic E-state index is 11.9. The molecular formula is C29H29N6OS. The summed E-state index contributed by atoms with van der Waals surface area (Å²) in [4.78, 5) is 23.8. The number of aliphatic imine (C=N–C) groups is 2. The number of piperidine rings is 1. The molecule has 2 atom stereocenters. The van der Waals surface area contributed by atoms with E-state index >= 15 is 0 Å². The van der Waals surface area contributed by atoms with Crippen LogP contribution in [0.3, 0.4) is 0 Å². The Morgan fingerprint density at radius 2 is 2.00 bits per heavy atom. The Kier molecular flexibility index (Phi) is 6.68. The smallest absolute Gasteiger partial charge is 0.314 e. The lowest BCUT2D eigenvalue weighted by atomic mass is 9.82. The van der Waals surface area contributed by atoms with E-state index in [1.54, 1.807) is 18.1 Å². The van der Waals surface area contributed by atoms with Crippen molar-refractivity contribution in [1.82, 2.24) is 10.6 Å². The number of nitrogens with one attached hydrogen (secondary N) is 2. The topological polar surface area (TPSA) is 83.2 Å². The molecule has 3 heterocycles. The number of urea groups is 1. The fourth-order valence-electron chi connectivity index (χ4n) is 5.58. The summed E-state index contributed by atoms with van der Waals surface area (Å²) in [6.45, 7) is 1.51. The molecule has 37 heavy (non-hydrogen) atoms. The molecule has 3 aromatic rings. The Morgan fingerprint density at radius 3 is 2.81 bits per heavy atom. The molecule has 0 aliphatic carbocycles. The van der Waals surface area contributed by atoms with Crippen LogP contribution < -0.4 is 20.9 Å². The molecule has 2 N–H and O–H groups in total. The summed E-state index contributed by atoms with van der Waals surface area (Å²) < 4.78 is 0. The first-order valence-corrected chi connectivity index (χ1v) is 13.9. The molecule has 0 bridgehead atoms. The number of anilines is 2. The van der Waals surface area contributed by atoms with Gasteiger partial charge in [-0.1, -0.05) is 42.5 Å². The molecule has 0 saturated carbocycles. The Morgan fingerprint density at radius 1 is 1.11 bits per heavy atom. The number of thioether (sulfide) groups is 1. The second-order valence-electron chi connectivity index (χ2n) is 9.58. The van der Waals surface area contributed by atoms with E-state index in [4.69, 9.17) is 0 Å². The van der Waals surface area contributed by atoms with Gasteiger partial charge in [0, 0.05) is 10.9 Å². The number of hydrogen-bond acceptors (Lipinski definition) is 6. The van der Waals surface area contributed by atoms with Gasteiger partial charge in [0.2, 0.25) is 0 Å². The average Bonchev–Trinajstić information content (AvgIpc) is 3.34. The molecular weight excluding hydrogens is 480 g/mol. The van der Waals surface area contributed by atoms with Gasteiger partial charge < -0.3 is 15.5 Å². The lowest BCUT2D eigenvalue weighted by molar-refractivity contribution is 0.256. The van der Waals surface area contributed by atoms with Gasteiger partial charge in [0.25, 0.3) is 0 Å². The van der Waals surface area contributed by atoms with E-state index in [1.807, 2.05) is 18.5 Å². The molecule has 1 saturated heterocycles. The van der Waals surface area contributed by atoms with Gasteiger partial charge in [-0.2, -0.15) is 5.32 Å². The zero-order valence-electron chi connectivity index (χ0n) is 20.7. The molecule has 2 amide bonds. The molecule has 7 nitrogen and oxygen atoms in total. The van der Waals surface area contributed by atoms with Gasteiger partial charge >= 0.3 is 6.03 Å². The third-order valence-corrected chi connectivity index (χ3v) is 8.08. The van der Waals surface area contributed by atoms with E-state index in [0.717, 1.165) is 42.9 Å². The van der Waals surface area contributed by atoms with Crippen LogP contribution in [0.25, 0.3) is 11.1 Å². The average molecular weight is 510 g/mol. The van der Waals surface area contributed by atoms with E-state index in [-0.39, 0.29) is 6.03 Å². The maximum Gasteiger partial charge on any atom is 0.346 e. The van der Waals surface area contributed by atoms with Crippen LogP contribution in [0.15, 0.2) is 75.5 Å². The van der Waals surface area contributed by atoms with Crippen LogP contribution in [0, 0.1) is 0 Å². The highest BCUT2D eigenvalue weighted by molar-refractivity contribution is 7.98. The molecule has 3 aromatic carbocycles. The first kappa shape index (κ1) is 23.8. The number of fused-ring (bicyclic) bond motifs is 1. The number of amides is 2. The summed E-state index contributed by atoms with van der Waals surface area (Å²) in [6, 6.07) is 21.4. The van der Waals surface area contributed by atoms with Crippen molar-refractivity contribution >= 4 is 47.5 Å². The number of hydrogen-bond donors (Lipinski definition) is 2. The van der Waals surface area contributed by atoms with Crippen LogP contribution in [0.5, 0.6) is 0 Å². The number of benzene rings is 3. The summed E-state index contributed by atoms with van der Waals surface area (Å²) in [5.41, 5.74) is 7.73. The summed E-state index contributed by atoms with van der Waals surface area (Å²) in [6.07, 6.45) is 8.54. The molecule has 6 rings (SSSR count). The Bertz CT molecular complexity index is 1370. The standard InChI is InChI=1S/C29H29N6OS/c1-37-27-14-21(24(19-6-3-2-4-7-19)15-26(27)35-17-30-16-31-18-35)13-22-12-20(10-11-32-22)23-8-5-9-25-28(23)34-29(36)33-25/h2-9,14-17,20,22,32H,10-13,18H2,1H3,(H,33,36). The number of carbonyl (C=O) groups excluding carboxylic acids is 1. The van der Waals surface area contributed by atoms with E-state index in [1.165, 1.54) is 27.1 Å². The fourth-order valence-corrected chi connectivity index (χ4v) is 6.23. The summed E-state index contributed by atoms with van der Waals surface area (Å²) in [5, 5.41) is 10.9. The normalized spacial score (nSPS) is 20.5. The van der Waals surface area contributed by atoms with Crippen molar-refractivity contribution in [3.05, 3.63) is 71.8 Å². The lowest BCUT2D eigenvalue weighted by Crippen LogP contribution is -2.39. The molecule has 2 unspecified atom stereocenters. The predicted molar refractivity (Wildman–Crippen MR) is 153 cm³/mol. The minimum atomic E-state index is -0.269. The quantitative estimate of drug-likeness (QED) is 0.413. The van der Waals surface area contributed by atoms with Gasteiger partial charge in [0.05, 0.1) is 23.4 Å². The van der Waals surface area contributed by atoms with Crippen molar-refractivity contribution in [3.8, 4) is 11.1 Å². The Balaban J connectivity index is 1.32. The van der Waals surface area contributed by atoms with Gasteiger partial charge in [0.15, 0.2) is 0 Å². The molecule has 187 valence electrons. The first-order valence-electron chi connectivity index (χ1n) is 12.6. The summed E-state index contributed by atoms with van der Waals surface area (Å²) >= 11 is 1.75. The van der Waals surface area contributed by atoms with Crippen molar-refractivity contribution in [2.75, 3.05) is 29.7 Å². The van der Waals surface area contributed by atoms with Crippen molar-refractivity contribution in [3.63, 3.8) is 0 Å². The van der Waals surface area contributed by atoms with Crippen molar-refractivity contribution in [2.24, 2.45) is 9.98 Å². The molecule has 0 aromatic heterocycles. The number of para-hydroxylation sites is 1. The van der Waals surface area contributed by atoms with E-state index in [9.17, 15) is 4.79 Å². The van der Waals surface area contributed by atoms with Gasteiger partial charge in [0.1, 0.15) is 13.0 Å². The predicted octanol–water partition coefficient (Wildman–Crippen LogP) is 5.77. The second kappa shape index (κ2) is 10.4. The van der Waals surface area contributed by atoms with Gasteiger partial charge in [-0.3, -0.25) is 4.99 Å². The number of nitrogens with zero attached hydrogens (tertiary/aromatic N) is 4. The maximum absolute atomic E-state index is 11.9. The monoisotopic (exact) mass is 509 g/mol. The Hall–Kier alpha value is -3.62. The number of rotatable bonds is 6. The third-order valence-electron chi connectivity index (χ3n) is 7.31. The minimum Gasteiger partial charge on any atom is -0.314 e. The van der Waals surface area contributed by atoms with Crippen LogP contribution in [0.4, 0.5) is 21.9 Å². The van der Waals surface area contributed by atoms with E-state index in [2.05, 4.69) is 85.6 Å². The molecule has 3 aliphatic heterocycles. The van der Waals surface area contributed by atoms with Crippen LogP contribution in [-0.2, 0) is 6.42 Å². The van der Waals surface area contributed by atoms with Crippen LogP contribution in [-0.4, -0.2) is 44.2 Å². The highest BCUT2D eigenvalue weighted by atomic mass is 32.2. The first-order chi connectivity index (χ1) is 18.2. The zero-order valence-corrected chi connectivity index (χ0v) is 21.5. The third kappa shape index (κ3) is 4.86. The highest BCUT2D eigenvalue weighted by Crippen LogP contribution is 2.41. The molecule has 1 radical (unpaired) electrons. The lowest BCUT2D eigenvalue weighted by Gasteiger charge is -2.32. The van der Waals surface area contributed by atoms with Gasteiger partial charge in [-0.05, 0) is 78.4 Å². The van der Waals surface area contributed by atoms with Crippen molar-refractivity contribution in [1.29, 1.82) is 0 Å². The molecule has 8 heteroatoms. The SMILES string of the molecule is CSc1cc(CC2CC(c3cccc4c3[N]C(=O)N4)CCN2)c(-c2ccccc2)cc1N1C=NC=NC1.